The fourth-order valence-electron chi connectivity index (χ4n) is 2.45. The van der Waals surface area contributed by atoms with Crippen LogP contribution in [0.3, 0.4) is 0 Å². The Morgan fingerprint density at radius 2 is 2.04 bits per heavy atom. The van der Waals surface area contributed by atoms with Gasteiger partial charge in [0, 0.05) is 23.6 Å². The summed E-state index contributed by atoms with van der Waals surface area (Å²) in [4.78, 5) is 20.9. The highest BCUT2D eigenvalue weighted by Gasteiger charge is 2.11. The van der Waals surface area contributed by atoms with Crippen LogP contribution in [-0.2, 0) is 0 Å². The molecule has 2 heterocycles. The van der Waals surface area contributed by atoms with Crippen molar-refractivity contribution in [1.29, 1.82) is 0 Å². The Labute approximate surface area is 147 Å². The average Bonchev–Trinajstić information content (AvgIpc) is 3.30. The van der Waals surface area contributed by atoms with E-state index >= 15 is 0 Å². The molecule has 2 aromatic carbocycles. The van der Waals surface area contributed by atoms with Crippen molar-refractivity contribution in [3.05, 3.63) is 66.7 Å². The van der Waals surface area contributed by atoms with E-state index in [0.717, 1.165) is 21.7 Å². The lowest BCUT2D eigenvalue weighted by molar-refractivity contribution is 0.102. The van der Waals surface area contributed by atoms with E-state index in [-0.39, 0.29) is 5.91 Å². The third-order valence-electron chi connectivity index (χ3n) is 3.75. The SMILES string of the molecule is COc1ccc2nc(NC(=O)c3ccc(-n4ccnc4)cc3)sc2c1. The van der Waals surface area contributed by atoms with E-state index in [0.29, 0.717) is 10.7 Å². The summed E-state index contributed by atoms with van der Waals surface area (Å²) in [6.45, 7) is 0. The molecular formula is C18H14N4O2S. The van der Waals surface area contributed by atoms with Gasteiger partial charge in [0.1, 0.15) is 5.75 Å². The highest BCUT2D eigenvalue weighted by atomic mass is 32.1. The molecule has 6 nitrogen and oxygen atoms in total. The minimum atomic E-state index is -0.191. The van der Waals surface area contributed by atoms with E-state index in [1.165, 1.54) is 11.3 Å². The van der Waals surface area contributed by atoms with Crippen molar-refractivity contribution in [2.24, 2.45) is 0 Å². The van der Waals surface area contributed by atoms with E-state index in [1.54, 1.807) is 31.8 Å². The smallest absolute Gasteiger partial charge is 0.257 e. The normalized spacial score (nSPS) is 10.8. The fourth-order valence-corrected chi connectivity index (χ4v) is 3.34. The minimum Gasteiger partial charge on any atom is -0.497 e. The van der Waals surface area contributed by atoms with Gasteiger partial charge in [-0.2, -0.15) is 0 Å². The van der Waals surface area contributed by atoms with Crippen molar-refractivity contribution in [1.82, 2.24) is 14.5 Å². The average molecular weight is 350 g/mol. The number of amides is 1. The largest absolute Gasteiger partial charge is 0.497 e. The van der Waals surface area contributed by atoms with Crippen LogP contribution in [0.4, 0.5) is 5.13 Å². The first-order chi connectivity index (χ1) is 12.2. The lowest BCUT2D eigenvalue weighted by Crippen LogP contribution is -2.11. The number of methoxy groups -OCH3 is 1. The lowest BCUT2D eigenvalue weighted by Gasteiger charge is -2.04. The van der Waals surface area contributed by atoms with Crippen LogP contribution >= 0.6 is 11.3 Å². The highest BCUT2D eigenvalue weighted by Crippen LogP contribution is 2.29. The molecule has 0 aliphatic rings. The number of fused-ring (bicyclic) bond motifs is 1. The number of carbonyl (C=O) groups excluding carboxylic acids is 1. The maximum Gasteiger partial charge on any atom is 0.257 e. The van der Waals surface area contributed by atoms with Gasteiger partial charge < -0.3 is 9.30 Å². The van der Waals surface area contributed by atoms with Gasteiger partial charge in [0.15, 0.2) is 5.13 Å². The van der Waals surface area contributed by atoms with Crippen LogP contribution in [0.5, 0.6) is 5.75 Å². The molecule has 4 aromatic rings. The van der Waals surface area contributed by atoms with Crippen LogP contribution in [-0.4, -0.2) is 27.6 Å². The van der Waals surface area contributed by atoms with Gasteiger partial charge in [-0.1, -0.05) is 11.3 Å². The predicted molar refractivity (Wildman–Crippen MR) is 97.7 cm³/mol. The summed E-state index contributed by atoms with van der Waals surface area (Å²) in [6, 6.07) is 12.9. The first-order valence-electron chi connectivity index (χ1n) is 7.57. The Balaban J connectivity index is 1.53. The molecule has 0 bridgehead atoms. The molecule has 124 valence electrons. The molecule has 1 N–H and O–H groups in total. The van der Waals surface area contributed by atoms with Gasteiger partial charge in [-0.3, -0.25) is 10.1 Å². The van der Waals surface area contributed by atoms with Crippen LogP contribution in [0.25, 0.3) is 15.9 Å². The van der Waals surface area contributed by atoms with Gasteiger partial charge in [-0.05, 0) is 42.5 Å². The molecule has 1 amide bonds. The summed E-state index contributed by atoms with van der Waals surface area (Å²) < 4.78 is 8.05. The zero-order valence-electron chi connectivity index (χ0n) is 13.3. The van der Waals surface area contributed by atoms with Gasteiger partial charge >= 0.3 is 0 Å². The number of hydrogen-bond donors (Lipinski definition) is 1. The molecule has 0 aliphatic heterocycles. The molecule has 0 unspecified atom stereocenters. The summed E-state index contributed by atoms with van der Waals surface area (Å²) in [5.74, 6) is 0.576. The molecule has 4 rings (SSSR count). The molecule has 25 heavy (non-hydrogen) atoms. The number of ether oxygens (including phenoxy) is 1. The summed E-state index contributed by atoms with van der Waals surface area (Å²) in [6.07, 6.45) is 5.28. The van der Waals surface area contributed by atoms with Crippen LogP contribution in [0.2, 0.25) is 0 Å². The fraction of sp³-hybridized carbons (Fsp3) is 0.0556. The Morgan fingerprint density at radius 3 is 2.76 bits per heavy atom. The summed E-state index contributed by atoms with van der Waals surface area (Å²) in [5.41, 5.74) is 2.35. The molecule has 2 aromatic heterocycles. The van der Waals surface area contributed by atoms with Gasteiger partial charge in [0.05, 0.1) is 23.7 Å². The molecule has 7 heteroatoms. The van der Waals surface area contributed by atoms with Crippen molar-refractivity contribution in [3.63, 3.8) is 0 Å². The second kappa shape index (κ2) is 6.37. The van der Waals surface area contributed by atoms with Crippen molar-refractivity contribution < 1.29 is 9.53 Å². The second-order valence-corrected chi connectivity index (χ2v) is 6.35. The number of aromatic nitrogens is 3. The van der Waals surface area contributed by atoms with Gasteiger partial charge in [0.2, 0.25) is 0 Å². The van der Waals surface area contributed by atoms with Crippen LogP contribution < -0.4 is 10.1 Å². The van der Waals surface area contributed by atoms with E-state index in [9.17, 15) is 4.79 Å². The highest BCUT2D eigenvalue weighted by molar-refractivity contribution is 7.22. The number of imidazole rings is 1. The number of thiazole rings is 1. The van der Waals surface area contributed by atoms with E-state index in [2.05, 4.69) is 15.3 Å². The number of rotatable bonds is 4. The number of nitrogens with one attached hydrogen (secondary N) is 1. The van der Waals surface area contributed by atoms with Gasteiger partial charge in [-0.25, -0.2) is 9.97 Å². The molecule has 0 saturated heterocycles. The molecule has 0 saturated carbocycles. The summed E-state index contributed by atoms with van der Waals surface area (Å²) in [7, 11) is 1.62. The Morgan fingerprint density at radius 1 is 1.20 bits per heavy atom. The maximum atomic E-state index is 12.4. The Bertz CT molecular complexity index is 1020. The third kappa shape index (κ3) is 3.09. The predicted octanol–water partition coefficient (Wildman–Crippen LogP) is 3.74. The molecule has 0 aliphatic carbocycles. The van der Waals surface area contributed by atoms with Gasteiger partial charge in [-0.15, -0.1) is 0 Å². The molecule has 0 radical (unpaired) electrons. The lowest BCUT2D eigenvalue weighted by atomic mass is 10.2. The van der Waals surface area contributed by atoms with Crippen LogP contribution in [0.1, 0.15) is 10.4 Å². The number of nitrogens with zero attached hydrogens (tertiary/aromatic N) is 3. The molecule has 0 fully saturated rings. The van der Waals surface area contributed by atoms with Crippen molar-refractivity contribution in [2.75, 3.05) is 12.4 Å². The number of hydrogen-bond acceptors (Lipinski definition) is 5. The number of carbonyl (C=O) groups is 1. The van der Waals surface area contributed by atoms with E-state index in [1.807, 2.05) is 41.1 Å². The Hall–Kier alpha value is -3.19. The maximum absolute atomic E-state index is 12.4. The summed E-state index contributed by atoms with van der Waals surface area (Å²) >= 11 is 1.42. The van der Waals surface area contributed by atoms with Crippen molar-refractivity contribution in [2.45, 2.75) is 0 Å². The van der Waals surface area contributed by atoms with E-state index < -0.39 is 0 Å². The standard InChI is InChI=1S/C18H14N4O2S/c1-24-14-6-7-15-16(10-14)25-18(20-15)21-17(23)12-2-4-13(5-3-12)22-9-8-19-11-22/h2-11H,1H3,(H,20,21,23). The third-order valence-corrected chi connectivity index (χ3v) is 4.68. The number of anilines is 1. The Kier molecular flexibility index (Phi) is 3.91. The molecule has 0 atom stereocenters. The van der Waals surface area contributed by atoms with Crippen molar-refractivity contribution in [3.8, 4) is 11.4 Å². The first kappa shape index (κ1) is 15.3. The quantitative estimate of drug-likeness (QED) is 0.609. The van der Waals surface area contributed by atoms with Crippen molar-refractivity contribution >= 4 is 32.6 Å². The molecule has 0 spiro atoms. The van der Waals surface area contributed by atoms with E-state index in [4.69, 9.17) is 4.74 Å². The van der Waals surface area contributed by atoms with Gasteiger partial charge in [0.25, 0.3) is 5.91 Å². The van der Waals surface area contributed by atoms with Crippen LogP contribution in [0.15, 0.2) is 61.2 Å². The topological polar surface area (TPSA) is 69.0 Å². The zero-order valence-corrected chi connectivity index (χ0v) is 14.2. The zero-order chi connectivity index (χ0) is 17.2. The number of benzene rings is 2. The second-order valence-electron chi connectivity index (χ2n) is 5.32. The van der Waals surface area contributed by atoms with Crippen LogP contribution in [0, 0.1) is 0 Å². The molecular weight excluding hydrogens is 336 g/mol. The monoisotopic (exact) mass is 350 g/mol. The summed E-state index contributed by atoms with van der Waals surface area (Å²) in [5, 5.41) is 3.41. The minimum absolute atomic E-state index is 0.191. The first-order valence-corrected chi connectivity index (χ1v) is 8.39.